The van der Waals surface area contributed by atoms with Crippen LogP contribution in [0.15, 0.2) is 18.2 Å². The molecule has 0 fully saturated rings. The molecule has 0 radical (unpaired) electrons. The molecular formula is C13H19N3O2. The van der Waals surface area contributed by atoms with Gasteiger partial charge in [0.25, 0.3) is 5.91 Å². The van der Waals surface area contributed by atoms with Gasteiger partial charge in [0.15, 0.2) is 0 Å². The zero-order valence-corrected chi connectivity index (χ0v) is 10.5. The van der Waals surface area contributed by atoms with E-state index >= 15 is 0 Å². The van der Waals surface area contributed by atoms with E-state index in [0.29, 0.717) is 5.69 Å². The van der Waals surface area contributed by atoms with Crippen LogP contribution in [0, 0.1) is 0 Å². The second-order valence-corrected chi connectivity index (χ2v) is 4.09. The monoisotopic (exact) mass is 249 g/mol. The SMILES string of the molecule is CCCCCNc1cccc(C(N)=O)c1C(N)=O. The smallest absolute Gasteiger partial charge is 0.251 e. The summed E-state index contributed by atoms with van der Waals surface area (Å²) in [6.07, 6.45) is 3.22. The number of nitrogens with one attached hydrogen (secondary N) is 1. The molecule has 0 aliphatic rings. The number of carbonyl (C=O) groups is 2. The minimum Gasteiger partial charge on any atom is -0.384 e. The molecule has 0 aliphatic heterocycles. The van der Waals surface area contributed by atoms with Crippen LogP contribution >= 0.6 is 0 Å². The van der Waals surface area contributed by atoms with Crippen LogP contribution in [-0.4, -0.2) is 18.4 Å². The minimum absolute atomic E-state index is 0.156. The van der Waals surface area contributed by atoms with Crippen molar-refractivity contribution < 1.29 is 9.59 Å². The Labute approximate surface area is 107 Å². The summed E-state index contributed by atoms with van der Waals surface area (Å²) >= 11 is 0. The Balaban J connectivity index is 2.93. The fraction of sp³-hybridized carbons (Fsp3) is 0.385. The maximum Gasteiger partial charge on any atom is 0.251 e. The number of nitrogens with two attached hydrogens (primary N) is 2. The van der Waals surface area contributed by atoms with Crippen LogP contribution in [0.3, 0.4) is 0 Å². The molecule has 0 heterocycles. The number of hydrogen-bond acceptors (Lipinski definition) is 3. The first-order valence-corrected chi connectivity index (χ1v) is 6.04. The molecule has 0 saturated heterocycles. The average Bonchev–Trinajstić information content (AvgIpc) is 2.33. The number of hydrogen-bond donors (Lipinski definition) is 3. The minimum atomic E-state index is -0.652. The Morgan fingerprint density at radius 3 is 2.44 bits per heavy atom. The van der Waals surface area contributed by atoms with E-state index in [2.05, 4.69) is 12.2 Å². The summed E-state index contributed by atoms with van der Waals surface area (Å²) in [5.74, 6) is -1.30. The fourth-order valence-corrected chi connectivity index (χ4v) is 1.77. The van der Waals surface area contributed by atoms with E-state index in [1.165, 1.54) is 6.07 Å². The van der Waals surface area contributed by atoms with Gasteiger partial charge in [-0.05, 0) is 18.6 Å². The summed E-state index contributed by atoms with van der Waals surface area (Å²) in [5.41, 5.74) is 11.4. The van der Waals surface area contributed by atoms with E-state index < -0.39 is 11.8 Å². The maximum absolute atomic E-state index is 11.4. The number of primary amides is 2. The summed E-state index contributed by atoms with van der Waals surface area (Å²) in [6.45, 7) is 2.85. The van der Waals surface area contributed by atoms with Gasteiger partial charge in [-0.25, -0.2) is 0 Å². The molecule has 1 rings (SSSR count). The third-order valence-electron chi connectivity index (χ3n) is 2.67. The van der Waals surface area contributed by atoms with Crippen molar-refractivity contribution in [2.24, 2.45) is 11.5 Å². The van der Waals surface area contributed by atoms with Crippen molar-refractivity contribution in [1.29, 1.82) is 0 Å². The van der Waals surface area contributed by atoms with Gasteiger partial charge in [-0.15, -0.1) is 0 Å². The van der Waals surface area contributed by atoms with Crippen molar-refractivity contribution in [1.82, 2.24) is 0 Å². The predicted molar refractivity (Wildman–Crippen MR) is 71.5 cm³/mol. The number of benzene rings is 1. The molecule has 1 aromatic carbocycles. The predicted octanol–water partition coefficient (Wildman–Crippen LogP) is 1.49. The Bertz CT molecular complexity index is 444. The highest BCUT2D eigenvalue weighted by Crippen LogP contribution is 2.19. The van der Waals surface area contributed by atoms with Gasteiger partial charge >= 0.3 is 0 Å². The van der Waals surface area contributed by atoms with E-state index in [-0.39, 0.29) is 11.1 Å². The standard InChI is InChI=1S/C13H19N3O2/c1-2-3-4-8-16-10-7-5-6-9(12(14)17)11(10)13(15)18/h5-7,16H,2-4,8H2,1H3,(H2,14,17)(H2,15,18). The van der Waals surface area contributed by atoms with Gasteiger partial charge in [-0.3, -0.25) is 9.59 Å². The molecule has 1 aromatic rings. The summed E-state index contributed by atoms with van der Waals surface area (Å²) in [4.78, 5) is 22.7. The van der Waals surface area contributed by atoms with Crippen molar-refractivity contribution in [2.75, 3.05) is 11.9 Å². The fourth-order valence-electron chi connectivity index (χ4n) is 1.77. The van der Waals surface area contributed by atoms with E-state index in [0.717, 1.165) is 25.8 Å². The quantitative estimate of drug-likeness (QED) is 0.638. The largest absolute Gasteiger partial charge is 0.384 e. The van der Waals surface area contributed by atoms with Gasteiger partial charge in [0.05, 0.1) is 11.1 Å². The summed E-state index contributed by atoms with van der Waals surface area (Å²) in [5, 5.41) is 3.12. The molecule has 5 heteroatoms. The lowest BCUT2D eigenvalue weighted by molar-refractivity contribution is 0.0968. The highest BCUT2D eigenvalue weighted by molar-refractivity contribution is 6.09. The molecule has 0 spiro atoms. The average molecular weight is 249 g/mol. The lowest BCUT2D eigenvalue weighted by Gasteiger charge is -2.12. The van der Waals surface area contributed by atoms with Crippen molar-refractivity contribution >= 4 is 17.5 Å². The van der Waals surface area contributed by atoms with E-state index in [9.17, 15) is 9.59 Å². The Hall–Kier alpha value is -2.04. The molecule has 18 heavy (non-hydrogen) atoms. The molecule has 98 valence electrons. The summed E-state index contributed by atoms with van der Waals surface area (Å²) in [6, 6.07) is 4.90. The lowest BCUT2D eigenvalue weighted by Crippen LogP contribution is -2.22. The Kier molecular flexibility index (Phi) is 5.17. The number of carbonyl (C=O) groups excluding carboxylic acids is 2. The topological polar surface area (TPSA) is 98.2 Å². The first kappa shape index (κ1) is 14.0. The highest BCUT2D eigenvalue weighted by atomic mass is 16.2. The molecule has 0 bridgehead atoms. The van der Waals surface area contributed by atoms with Crippen LogP contribution in [-0.2, 0) is 0 Å². The summed E-state index contributed by atoms with van der Waals surface area (Å²) < 4.78 is 0. The first-order valence-electron chi connectivity index (χ1n) is 6.04. The van der Waals surface area contributed by atoms with Gasteiger partial charge in [-0.2, -0.15) is 0 Å². The molecular weight excluding hydrogens is 230 g/mol. The maximum atomic E-state index is 11.4. The zero-order valence-electron chi connectivity index (χ0n) is 10.5. The van der Waals surface area contributed by atoms with Gasteiger partial charge in [0.2, 0.25) is 5.91 Å². The summed E-state index contributed by atoms with van der Waals surface area (Å²) in [7, 11) is 0. The van der Waals surface area contributed by atoms with Crippen LogP contribution in [0.25, 0.3) is 0 Å². The van der Waals surface area contributed by atoms with E-state index in [1.54, 1.807) is 12.1 Å². The molecule has 2 amide bonds. The third-order valence-corrected chi connectivity index (χ3v) is 2.67. The normalized spacial score (nSPS) is 10.1. The number of amides is 2. The highest BCUT2D eigenvalue weighted by Gasteiger charge is 2.16. The van der Waals surface area contributed by atoms with E-state index in [4.69, 9.17) is 11.5 Å². The van der Waals surface area contributed by atoms with Crippen molar-refractivity contribution in [3.8, 4) is 0 Å². The molecule has 0 aliphatic carbocycles. The third kappa shape index (κ3) is 3.48. The van der Waals surface area contributed by atoms with Crippen LogP contribution < -0.4 is 16.8 Å². The number of anilines is 1. The van der Waals surface area contributed by atoms with Crippen LogP contribution in [0.4, 0.5) is 5.69 Å². The molecule has 0 aromatic heterocycles. The van der Waals surface area contributed by atoms with Crippen LogP contribution in [0.1, 0.15) is 46.9 Å². The van der Waals surface area contributed by atoms with Gasteiger partial charge in [0, 0.05) is 12.2 Å². The molecule has 5 nitrogen and oxygen atoms in total. The van der Waals surface area contributed by atoms with Crippen LogP contribution in [0.2, 0.25) is 0 Å². The zero-order chi connectivity index (χ0) is 13.5. The number of unbranched alkanes of at least 4 members (excludes halogenated alkanes) is 2. The molecule has 0 atom stereocenters. The van der Waals surface area contributed by atoms with Gasteiger partial charge in [-0.1, -0.05) is 25.8 Å². The van der Waals surface area contributed by atoms with Crippen molar-refractivity contribution in [2.45, 2.75) is 26.2 Å². The first-order chi connectivity index (χ1) is 8.57. The lowest BCUT2D eigenvalue weighted by atomic mass is 10.0. The Morgan fingerprint density at radius 1 is 1.17 bits per heavy atom. The molecule has 0 saturated carbocycles. The number of rotatable bonds is 7. The van der Waals surface area contributed by atoms with Gasteiger partial charge < -0.3 is 16.8 Å². The second-order valence-electron chi connectivity index (χ2n) is 4.09. The molecule has 0 unspecified atom stereocenters. The van der Waals surface area contributed by atoms with Crippen molar-refractivity contribution in [3.63, 3.8) is 0 Å². The Morgan fingerprint density at radius 2 is 1.89 bits per heavy atom. The second kappa shape index (κ2) is 6.64. The molecule has 5 N–H and O–H groups in total. The van der Waals surface area contributed by atoms with Gasteiger partial charge in [0.1, 0.15) is 0 Å². The van der Waals surface area contributed by atoms with Crippen LogP contribution in [0.5, 0.6) is 0 Å². The van der Waals surface area contributed by atoms with E-state index in [1.807, 2.05) is 0 Å². The van der Waals surface area contributed by atoms with Crippen molar-refractivity contribution in [3.05, 3.63) is 29.3 Å².